The number of hydrogen-bond acceptors (Lipinski definition) is 7. The topological polar surface area (TPSA) is 80.2 Å². The van der Waals surface area contributed by atoms with Crippen molar-refractivity contribution >= 4 is 28.7 Å². The lowest BCUT2D eigenvalue weighted by Gasteiger charge is -2.27. The minimum Gasteiger partial charge on any atom is -0.480 e. The monoisotopic (exact) mass is 459 g/mol. The van der Waals surface area contributed by atoms with Crippen LogP contribution in [-0.2, 0) is 11.2 Å². The van der Waals surface area contributed by atoms with Gasteiger partial charge in [0.25, 0.3) is 0 Å². The Kier molecular flexibility index (Phi) is 6.95. The molecule has 1 amide bonds. The SMILES string of the molecule is COc1ncc(-c2ccnc(C)c2)cc1NC(=O)[C@H](Cc1ccccc1)N(C)c1cscn1. The number of nitrogens with one attached hydrogen (secondary N) is 1. The normalized spacial score (nSPS) is 11.6. The van der Waals surface area contributed by atoms with Crippen LogP contribution < -0.4 is 15.0 Å². The number of hydrogen-bond donors (Lipinski definition) is 1. The first kappa shape index (κ1) is 22.4. The Morgan fingerprint density at radius 2 is 1.94 bits per heavy atom. The van der Waals surface area contributed by atoms with E-state index in [1.807, 2.05) is 72.8 Å². The number of pyridine rings is 2. The zero-order chi connectivity index (χ0) is 23.2. The maximum absolute atomic E-state index is 13.6. The zero-order valence-corrected chi connectivity index (χ0v) is 19.5. The van der Waals surface area contributed by atoms with Gasteiger partial charge in [0.05, 0.1) is 12.6 Å². The highest BCUT2D eigenvalue weighted by atomic mass is 32.1. The molecule has 8 heteroatoms. The minimum atomic E-state index is -0.481. The highest BCUT2D eigenvalue weighted by Gasteiger charge is 2.26. The number of aromatic nitrogens is 3. The second-order valence-corrected chi connectivity index (χ2v) is 8.34. The number of ether oxygens (including phenoxy) is 1. The van der Waals surface area contributed by atoms with E-state index < -0.39 is 6.04 Å². The second kappa shape index (κ2) is 10.2. The van der Waals surface area contributed by atoms with Gasteiger partial charge in [-0.15, -0.1) is 11.3 Å². The fourth-order valence-corrected chi connectivity index (χ4v) is 4.16. The molecular formula is C25H25N5O2S. The molecule has 0 bridgehead atoms. The van der Waals surface area contributed by atoms with Gasteiger partial charge in [0, 0.05) is 42.5 Å². The molecule has 0 aliphatic heterocycles. The second-order valence-electron chi connectivity index (χ2n) is 7.62. The summed E-state index contributed by atoms with van der Waals surface area (Å²) in [6, 6.07) is 15.2. The molecule has 3 heterocycles. The molecule has 3 aromatic heterocycles. The molecule has 7 nitrogen and oxygen atoms in total. The van der Waals surface area contributed by atoms with E-state index in [0.29, 0.717) is 18.0 Å². The summed E-state index contributed by atoms with van der Waals surface area (Å²) in [6.45, 7) is 1.94. The summed E-state index contributed by atoms with van der Waals surface area (Å²) in [7, 11) is 3.42. The van der Waals surface area contributed by atoms with E-state index in [1.54, 1.807) is 17.9 Å². The lowest BCUT2D eigenvalue weighted by molar-refractivity contribution is -0.117. The summed E-state index contributed by atoms with van der Waals surface area (Å²) < 4.78 is 5.43. The maximum atomic E-state index is 13.6. The first-order valence-corrected chi connectivity index (χ1v) is 11.4. The van der Waals surface area contributed by atoms with Crippen molar-refractivity contribution in [3.63, 3.8) is 0 Å². The van der Waals surface area contributed by atoms with Gasteiger partial charge >= 0.3 is 0 Å². The number of benzene rings is 1. The summed E-state index contributed by atoms with van der Waals surface area (Å²) in [5.74, 6) is 0.937. The molecule has 1 aromatic carbocycles. The predicted molar refractivity (Wildman–Crippen MR) is 132 cm³/mol. The van der Waals surface area contributed by atoms with Gasteiger partial charge in [0.2, 0.25) is 11.8 Å². The van der Waals surface area contributed by atoms with E-state index in [9.17, 15) is 4.79 Å². The molecule has 33 heavy (non-hydrogen) atoms. The molecule has 4 rings (SSSR count). The number of nitrogens with zero attached hydrogens (tertiary/aromatic N) is 4. The number of amides is 1. The van der Waals surface area contributed by atoms with Crippen LogP contribution in [0.1, 0.15) is 11.3 Å². The van der Waals surface area contributed by atoms with Crippen molar-refractivity contribution in [2.45, 2.75) is 19.4 Å². The molecule has 0 spiro atoms. The standard InChI is InChI=1S/C25H25N5O2S/c1-17-11-19(9-10-26-17)20-13-21(25(32-3)27-14-20)29-24(31)22(12-18-7-5-4-6-8-18)30(2)23-15-33-16-28-23/h4-11,13-16,22H,12H2,1-3H3,(H,29,31)/t22-/m0/s1. The number of rotatable bonds is 8. The van der Waals surface area contributed by atoms with Gasteiger partial charge in [-0.3, -0.25) is 9.78 Å². The smallest absolute Gasteiger partial charge is 0.247 e. The van der Waals surface area contributed by atoms with E-state index >= 15 is 0 Å². The molecule has 0 radical (unpaired) electrons. The van der Waals surface area contributed by atoms with Crippen molar-refractivity contribution in [3.05, 3.63) is 83.1 Å². The van der Waals surface area contributed by atoms with Gasteiger partial charge in [-0.25, -0.2) is 9.97 Å². The van der Waals surface area contributed by atoms with Crippen LogP contribution >= 0.6 is 11.3 Å². The molecule has 0 saturated carbocycles. The third kappa shape index (κ3) is 5.35. The molecule has 4 aromatic rings. The summed E-state index contributed by atoms with van der Waals surface area (Å²) in [4.78, 5) is 28.5. The van der Waals surface area contributed by atoms with Crippen LogP contribution in [0.4, 0.5) is 11.5 Å². The highest BCUT2D eigenvalue weighted by molar-refractivity contribution is 7.07. The Morgan fingerprint density at radius 1 is 1.12 bits per heavy atom. The van der Waals surface area contributed by atoms with Gasteiger partial charge in [-0.1, -0.05) is 30.3 Å². The molecule has 0 aliphatic rings. The third-order valence-electron chi connectivity index (χ3n) is 5.36. The van der Waals surface area contributed by atoms with Crippen LogP contribution in [0, 0.1) is 6.92 Å². The molecular weight excluding hydrogens is 434 g/mol. The average molecular weight is 460 g/mol. The van der Waals surface area contributed by atoms with E-state index in [0.717, 1.165) is 28.2 Å². The van der Waals surface area contributed by atoms with E-state index in [2.05, 4.69) is 20.3 Å². The van der Waals surface area contributed by atoms with Crippen molar-refractivity contribution in [2.75, 3.05) is 24.4 Å². The summed E-state index contributed by atoms with van der Waals surface area (Å²) in [6.07, 6.45) is 4.01. The van der Waals surface area contributed by atoms with E-state index in [-0.39, 0.29) is 5.91 Å². The van der Waals surface area contributed by atoms with Crippen molar-refractivity contribution in [3.8, 4) is 17.0 Å². The van der Waals surface area contributed by atoms with E-state index in [4.69, 9.17) is 4.74 Å². The van der Waals surface area contributed by atoms with Gasteiger partial charge in [-0.2, -0.15) is 0 Å². The van der Waals surface area contributed by atoms with Crippen LogP contribution in [0.5, 0.6) is 5.88 Å². The van der Waals surface area contributed by atoms with Crippen LogP contribution in [-0.4, -0.2) is 41.1 Å². The van der Waals surface area contributed by atoms with Gasteiger partial charge in [0.15, 0.2) is 0 Å². The number of carbonyl (C=O) groups is 1. The average Bonchev–Trinajstić information content (AvgIpc) is 3.38. The Bertz CT molecular complexity index is 1210. The van der Waals surface area contributed by atoms with Gasteiger partial charge < -0.3 is 15.0 Å². The molecule has 168 valence electrons. The quantitative estimate of drug-likeness (QED) is 0.415. The summed E-state index contributed by atoms with van der Waals surface area (Å²) in [5.41, 5.74) is 6.07. The van der Waals surface area contributed by atoms with Crippen molar-refractivity contribution in [1.82, 2.24) is 15.0 Å². The maximum Gasteiger partial charge on any atom is 0.247 e. The van der Waals surface area contributed by atoms with Crippen LogP contribution in [0.25, 0.3) is 11.1 Å². The summed E-state index contributed by atoms with van der Waals surface area (Å²) >= 11 is 1.49. The van der Waals surface area contributed by atoms with E-state index in [1.165, 1.54) is 18.4 Å². The molecule has 0 fully saturated rings. The number of likely N-dealkylation sites (N-methyl/N-ethyl adjacent to an activating group) is 1. The Hall–Kier alpha value is -3.78. The zero-order valence-electron chi connectivity index (χ0n) is 18.7. The third-order valence-corrected chi connectivity index (χ3v) is 5.93. The number of aryl methyl sites for hydroxylation is 1. The van der Waals surface area contributed by atoms with Gasteiger partial charge in [0.1, 0.15) is 17.5 Å². The van der Waals surface area contributed by atoms with Gasteiger partial charge in [-0.05, 0) is 36.2 Å². The minimum absolute atomic E-state index is 0.169. The van der Waals surface area contributed by atoms with Crippen molar-refractivity contribution in [2.24, 2.45) is 0 Å². The Balaban J connectivity index is 1.64. The van der Waals surface area contributed by atoms with Crippen LogP contribution in [0.15, 0.2) is 71.8 Å². The first-order valence-electron chi connectivity index (χ1n) is 10.5. The lowest BCUT2D eigenvalue weighted by Crippen LogP contribution is -2.44. The molecule has 1 atom stereocenters. The van der Waals surface area contributed by atoms with Crippen molar-refractivity contribution < 1.29 is 9.53 Å². The highest BCUT2D eigenvalue weighted by Crippen LogP contribution is 2.29. The van der Waals surface area contributed by atoms with Crippen LogP contribution in [0.2, 0.25) is 0 Å². The fourth-order valence-electron chi connectivity index (χ4n) is 3.59. The molecule has 1 N–H and O–H groups in total. The molecule has 0 unspecified atom stereocenters. The Labute approximate surface area is 197 Å². The molecule has 0 saturated heterocycles. The fraction of sp³-hybridized carbons (Fsp3) is 0.200. The largest absolute Gasteiger partial charge is 0.480 e. The lowest BCUT2D eigenvalue weighted by atomic mass is 10.0. The Morgan fingerprint density at radius 3 is 2.64 bits per heavy atom. The summed E-state index contributed by atoms with van der Waals surface area (Å²) in [5, 5.41) is 4.97. The predicted octanol–water partition coefficient (Wildman–Crippen LogP) is 4.60. The number of methoxy groups -OCH3 is 1. The molecule has 0 aliphatic carbocycles. The first-order chi connectivity index (χ1) is 16.0. The number of carbonyl (C=O) groups excluding carboxylic acids is 1. The van der Waals surface area contributed by atoms with Crippen LogP contribution in [0.3, 0.4) is 0 Å². The van der Waals surface area contributed by atoms with Crippen molar-refractivity contribution in [1.29, 1.82) is 0 Å². The number of thiazole rings is 1. The number of anilines is 2.